The summed E-state index contributed by atoms with van der Waals surface area (Å²) in [6.45, 7) is 0. The summed E-state index contributed by atoms with van der Waals surface area (Å²) < 4.78 is 7.10. The first-order valence-corrected chi connectivity index (χ1v) is 8.71. The number of aromatic carboxylic acids is 1. The van der Waals surface area contributed by atoms with Crippen LogP contribution in [-0.4, -0.2) is 32.6 Å². The summed E-state index contributed by atoms with van der Waals surface area (Å²) in [5.74, 6) is 0.187. The number of rotatable bonds is 5. The summed E-state index contributed by atoms with van der Waals surface area (Å²) >= 11 is 6.25. The molecular formula is C20H15ClN4O3. The van der Waals surface area contributed by atoms with Gasteiger partial charge in [0.2, 0.25) is 0 Å². The predicted octanol–water partition coefficient (Wildman–Crippen LogP) is 4.50. The third-order valence-corrected chi connectivity index (χ3v) is 4.57. The zero-order chi connectivity index (χ0) is 19.7. The standard InChI is InChI=1S/C20H15ClN4O3/c1-28-17-7-4-13(10-15(17)21)16-11-23-19-18(22-8-9-25(16)19)24-14-5-2-12(3-6-14)20(26)27/h2-11H,1H3,(H,22,24)(H,26,27). The molecule has 2 aromatic heterocycles. The van der Waals surface area contributed by atoms with Crippen molar-refractivity contribution in [3.05, 3.63) is 71.6 Å². The molecule has 0 radical (unpaired) electrons. The molecule has 140 valence electrons. The molecule has 0 saturated carbocycles. The van der Waals surface area contributed by atoms with Crippen molar-refractivity contribution in [2.24, 2.45) is 0 Å². The summed E-state index contributed by atoms with van der Waals surface area (Å²) in [6.07, 6.45) is 5.22. The van der Waals surface area contributed by atoms with Gasteiger partial charge >= 0.3 is 5.97 Å². The third-order valence-electron chi connectivity index (χ3n) is 4.27. The number of anilines is 2. The molecule has 4 aromatic rings. The fourth-order valence-corrected chi connectivity index (χ4v) is 3.14. The molecule has 8 heteroatoms. The Hall–Kier alpha value is -3.58. The molecule has 0 aliphatic heterocycles. The van der Waals surface area contributed by atoms with E-state index in [0.717, 1.165) is 11.3 Å². The number of hydrogen-bond acceptors (Lipinski definition) is 5. The second-order valence-corrected chi connectivity index (χ2v) is 6.38. The highest BCUT2D eigenvalue weighted by Crippen LogP contribution is 2.31. The van der Waals surface area contributed by atoms with Crippen molar-refractivity contribution in [2.45, 2.75) is 0 Å². The zero-order valence-corrected chi connectivity index (χ0v) is 15.5. The molecule has 2 aromatic carbocycles. The van der Waals surface area contributed by atoms with Crippen LogP contribution in [0.25, 0.3) is 16.9 Å². The van der Waals surface area contributed by atoms with Gasteiger partial charge in [-0.25, -0.2) is 14.8 Å². The largest absolute Gasteiger partial charge is 0.495 e. The maximum absolute atomic E-state index is 11.0. The molecule has 0 saturated heterocycles. The fraction of sp³-hybridized carbons (Fsp3) is 0.0500. The Morgan fingerprint density at radius 3 is 2.64 bits per heavy atom. The Morgan fingerprint density at radius 1 is 1.18 bits per heavy atom. The average Bonchev–Trinajstić information content (AvgIpc) is 3.13. The lowest BCUT2D eigenvalue weighted by Crippen LogP contribution is -2.00. The number of nitrogens with one attached hydrogen (secondary N) is 1. The SMILES string of the molecule is COc1ccc(-c2cnc3c(Nc4ccc(C(=O)O)cc4)nccn23)cc1Cl. The number of hydrogen-bond donors (Lipinski definition) is 2. The molecular weight excluding hydrogens is 380 g/mol. The van der Waals surface area contributed by atoms with Crippen molar-refractivity contribution in [3.63, 3.8) is 0 Å². The number of nitrogens with zero attached hydrogens (tertiary/aromatic N) is 3. The second-order valence-electron chi connectivity index (χ2n) is 5.97. The van der Waals surface area contributed by atoms with Gasteiger partial charge in [-0.2, -0.15) is 0 Å². The molecule has 2 heterocycles. The van der Waals surface area contributed by atoms with E-state index in [2.05, 4.69) is 15.3 Å². The Kier molecular flexibility index (Phi) is 4.58. The highest BCUT2D eigenvalue weighted by Gasteiger charge is 2.12. The van der Waals surface area contributed by atoms with Crippen molar-refractivity contribution in [3.8, 4) is 17.0 Å². The molecule has 0 bridgehead atoms. The summed E-state index contributed by atoms with van der Waals surface area (Å²) in [7, 11) is 1.57. The van der Waals surface area contributed by atoms with Crippen LogP contribution in [0.15, 0.2) is 61.1 Å². The molecule has 0 amide bonds. The zero-order valence-electron chi connectivity index (χ0n) is 14.8. The monoisotopic (exact) mass is 394 g/mol. The molecule has 0 atom stereocenters. The number of benzene rings is 2. The van der Waals surface area contributed by atoms with Crippen LogP contribution in [0, 0.1) is 0 Å². The second kappa shape index (κ2) is 7.21. The van der Waals surface area contributed by atoms with E-state index in [-0.39, 0.29) is 5.56 Å². The molecule has 4 rings (SSSR count). The van der Waals surface area contributed by atoms with Gasteiger partial charge in [0.1, 0.15) is 5.75 Å². The highest BCUT2D eigenvalue weighted by atomic mass is 35.5. The van der Waals surface area contributed by atoms with Crippen molar-refractivity contribution in [1.82, 2.24) is 14.4 Å². The van der Waals surface area contributed by atoms with E-state index in [1.165, 1.54) is 12.1 Å². The van der Waals surface area contributed by atoms with Gasteiger partial charge in [0.25, 0.3) is 0 Å². The van der Waals surface area contributed by atoms with E-state index < -0.39 is 5.97 Å². The number of methoxy groups -OCH3 is 1. The maximum atomic E-state index is 11.0. The topological polar surface area (TPSA) is 88.8 Å². The number of carbonyl (C=O) groups is 1. The van der Waals surface area contributed by atoms with Gasteiger partial charge in [-0.15, -0.1) is 0 Å². The number of halogens is 1. The number of fused-ring (bicyclic) bond motifs is 1. The molecule has 7 nitrogen and oxygen atoms in total. The Labute approximate surface area is 165 Å². The minimum atomic E-state index is -0.970. The lowest BCUT2D eigenvalue weighted by atomic mass is 10.1. The number of carboxylic acid groups (broad SMARTS) is 1. The third kappa shape index (κ3) is 3.23. The van der Waals surface area contributed by atoms with Crippen molar-refractivity contribution in [1.29, 1.82) is 0 Å². The highest BCUT2D eigenvalue weighted by molar-refractivity contribution is 6.32. The fourth-order valence-electron chi connectivity index (χ4n) is 2.88. The number of imidazole rings is 1. The van der Waals surface area contributed by atoms with Crippen molar-refractivity contribution in [2.75, 3.05) is 12.4 Å². The van der Waals surface area contributed by atoms with E-state index in [0.29, 0.717) is 27.9 Å². The first kappa shape index (κ1) is 17.8. The van der Waals surface area contributed by atoms with Gasteiger partial charge in [0.05, 0.1) is 29.6 Å². The Balaban J connectivity index is 1.70. The Morgan fingerprint density at radius 2 is 1.96 bits per heavy atom. The molecule has 0 spiro atoms. The predicted molar refractivity (Wildman–Crippen MR) is 107 cm³/mol. The van der Waals surface area contributed by atoms with Gasteiger partial charge in [-0.3, -0.25) is 4.40 Å². The van der Waals surface area contributed by atoms with Gasteiger partial charge in [0, 0.05) is 23.6 Å². The molecule has 0 fully saturated rings. The summed E-state index contributed by atoms with van der Waals surface area (Å²) in [5.41, 5.74) is 3.30. The number of aromatic nitrogens is 3. The molecule has 28 heavy (non-hydrogen) atoms. The molecule has 0 aliphatic rings. The van der Waals surface area contributed by atoms with E-state index >= 15 is 0 Å². The molecule has 0 unspecified atom stereocenters. The van der Waals surface area contributed by atoms with Crippen LogP contribution < -0.4 is 10.1 Å². The summed E-state index contributed by atoms with van der Waals surface area (Å²) in [6, 6.07) is 12.0. The lowest BCUT2D eigenvalue weighted by Gasteiger charge is -2.09. The molecule has 0 aliphatic carbocycles. The van der Waals surface area contributed by atoms with E-state index in [1.54, 1.807) is 37.7 Å². The first-order chi connectivity index (χ1) is 13.6. The quantitative estimate of drug-likeness (QED) is 0.518. The van der Waals surface area contributed by atoms with Crippen LogP contribution in [0.5, 0.6) is 5.75 Å². The summed E-state index contributed by atoms with van der Waals surface area (Å²) in [4.78, 5) is 19.8. The van der Waals surface area contributed by atoms with Crippen molar-refractivity contribution < 1.29 is 14.6 Å². The molecule has 2 N–H and O–H groups in total. The smallest absolute Gasteiger partial charge is 0.335 e. The van der Waals surface area contributed by atoms with Gasteiger partial charge in [-0.05, 0) is 42.5 Å². The number of carboxylic acids is 1. The minimum absolute atomic E-state index is 0.219. The minimum Gasteiger partial charge on any atom is -0.495 e. The Bertz CT molecular complexity index is 1170. The van der Waals surface area contributed by atoms with Crippen LogP contribution >= 0.6 is 11.6 Å². The van der Waals surface area contributed by atoms with Crippen LogP contribution in [0.3, 0.4) is 0 Å². The van der Waals surface area contributed by atoms with Gasteiger partial charge in [0.15, 0.2) is 11.5 Å². The van der Waals surface area contributed by atoms with Gasteiger partial charge < -0.3 is 15.2 Å². The van der Waals surface area contributed by atoms with Crippen LogP contribution in [0.4, 0.5) is 11.5 Å². The van der Waals surface area contributed by atoms with Crippen molar-refractivity contribution >= 4 is 34.7 Å². The lowest BCUT2D eigenvalue weighted by molar-refractivity contribution is 0.0697. The summed E-state index contributed by atoms with van der Waals surface area (Å²) in [5, 5.41) is 12.7. The van der Waals surface area contributed by atoms with Crippen LogP contribution in [0.2, 0.25) is 5.02 Å². The average molecular weight is 395 g/mol. The number of ether oxygens (including phenoxy) is 1. The van der Waals surface area contributed by atoms with Crippen LogP contribution in [-0.2, 0) is 0 Å². The van der Waals surface area contributed by atoms with E-state index in [1.807, 2.05) is 22.7 Å². The first-order valence-electron chi connectivity index (χ1n) is 8.33. The van der Waals surface area contributed by atoms with E-state index in [4.69, 9.17) is 21.4 Å². The normalized spacial score (nSPS) is 10.8. The van der Waals surface area contributed by atoms with E-state index in [9.17, 15) is 4.79 Å². The maximum Gasteiger partial charge on any atom is 0.335 e. The van der Waals surface area contributed by atoms with Crippen LogP contribution in [0.1, 0.15) is 10.4 Å². The van der Waals surface area contributed by atoms with Gasteiger partial charge in [-0.1, -0.05) is 11.6 Å².